The van der Waals surface area contributed by atoms with E-state index in [1.165, 1.54) is 0 Å². The largest absolute Gasteiger partial charge is 0.356 e. The van der Waals surface area contributed by atoms with E-state index < -0.39 is 0 Å². The van der Waals surface area contributed by atoms with Crippen molar-refractivity contribution in [1.29, 1.82) is 0 Å². The number of aromatic nitrogens is 2. The van der Waals surface area contributed by atoms with Gasteiger partial charge in [0.1, 0.15) is 11.4 Å². The molecule has 0 bridgehead atoms. The molecular formula is C16H13N3O2. The number of hydrogen-bond donors (Lipinski definition) is 1. The van der Waals surface area contributed by atoms with E-state index in [0.717, 1.165) is 5.56 Å². The van der Waals surface area contributed by atoms with E-state index in [2.05, 4.69) is 15.5 Å². The standard InChI is InChI=1S/C16H13N3O2/c20-16(14-8-4-5-9-17-14)18-11-13-10-15(21-19-13)12-6-2-1-3-7-12/h1-10H,11H2,(H,18,20). The maximum atomic E-state index is 11.9. The van der Waals surface area contributed by atoms with E-state index in [1.807, 2.05) is 36.4 Å². The summed E-state index contributed by atoms with van der Waals surface area (Å²) < 4.78 is 5.27. The summed E-state index contributed by atoms with van der Waals surface area (Å²) in [5.41, 5.74) is 2.00. The van der Waals surface area contributed by atoms with Gasteiger partial charge in [-0.05, 0) is 12.1 Å². The van der Waals surface area contributed by atoms with Crippen LogP contribution in [0.3, 0.4) is 0 Å². The zero-order valence-electron chi connectivity index (χ0n) is 11.2. The van der Waals surface area contributed by atoms with Gasteiger partial charge in [-0.3, -0.25) is 9.78 Å². The van der Waals surface area contributed by atoms with Crippen molar-refractivity contribution in [3.63, 3.8) is 0 Å². The molecule has 104 valence electrons. The fourth-order valence-corrected chi connectivity index (χ4v) is 1.89. The predicted octanol–water partition coefficient (Wildman–Crippen LogP) is 2.67. The predicted molar refractivity (Wildman–Crippen MR) is 77.3 cm³/mol. The molecule has 2 aromatic heterocycles. The summed E-state index contributed by atoms with van der Waals surface area (Å²) in [6.07, 6.45) is 1.58. The van der Waals surface area contributed by atoms with Gasteiger partial charge < -0.3 is 9.84 Å². The molecule has 0 radical (unpaired) electrons. The molecule has 3 rings (SSSR count). The molecule has 5 heteroatoms. The first-order valence-electron chi connectivity index (χ1n) is 6.53. The Balaban J connectivity index is 1.64. The SMILES string of the molecule is O=C(NCc1cc(-c2ccccc2)on1)c1ccccn1. The highest BCUT2D eigenvalue weighted by Gasteiger charge is 2.09. The highest BCUT2D eigenvalue weighted by Crippen LogP contribution is 2.19. The van der Waals surface area contributed by atoms with Crippen molar-refractivity contribution in [3.05, 3.63) is 72.2 Å². The molecule has 0 aliphatic carbocycles. The molecule has 2 heterocycles. The maximum absolute atomic E-state index is 11.9. The first-order chi connectivity index (χ1) is 10.3. The second-order valence-electron chi connectivity index (χ2n) is 4.45. The van der Waals surface area contributed by atoms with Gasteiger partial charge in [0.05, 0.1) is 6.54 Å². The van der Waals surface area contributed by atoms with Crippen LogP contribution in [0.15, 0.2) is 65.3 Å². The minimum atomic E-state index is -0.236. The summed E-state index contributed by atoms with van der Waals surface area (Å²) in [4.78, 5) is 15.9. The summed E-state index contributed by atoms with van der Waals surface area (Å²) in [6, 6.07) is 16.7. The first kappa shape index (κ1) is 13.1. The molecule has 0 spiro atoms. The maximum Gasteiger partial charge on any atom is 0.270 e. The highest BCUT2D eigenvalue weighted by molar-refractivity contribution is 5.92. The minimum absolute atomic E-state index is 0.236. The molecule has 1 aromatic carbocycles. The van der Waals surface area contributed by atoms with Crippen LogP contribution in [0.25, 0.3) is 11.3 Å². The Bertz CT molecular complexity index is 724. The van der Waals surface area contributed by atoms with Crippen molar-refractivity contribution >= 4 is 5.91 Å². The number of benzene rings is 1. The van der Waals surface area contributed by atoms with E-state index in [-0.39, 0.29) is 5.91 Å². The Kier molecular flexibility index (Phi) is 3.73. The fraction of sp³-hybridized carbons (Fsp3) is 0.0625. The summed E-state index contributed by atoms with van der Waals surface area (Å²) in [6.45, 7) is 0.297. The lowest BCUT2D eigenvalue weighted by molar-refractivity contribution is 0.0945. The molecule has 0 unspecified atom stereocenters. The van der Waals surface area contributed by atoms with Gasteiger partial charge in [-0.1, -0.05) is 41.6 Å². The van der Waals surface area contributed by atoms with Gasteiger partial charge in [-0.15, -0.1) is 0 Å². The molecular weight excluding hydrogens is 266 g/mol. The van der Waals surface area contributed by atoms with Gasteiger partial charge in [-0.2, -0.15) is 0 Å². The van der Waals surface area contributed by atoms with E-state index >= 15 is 0 Å². The molecule has 1 N–H and O–H groups in total. The van der Waals surface area contributed by atoms with E-state index in [1.54, 1.807) is 24.4 Å². The Hall–Kier alpha value is -2.95. The van der Waals surface area contributed by atoms with Crippen LogP contribution < -0.4 is 5.32 Å². The summed E-state index contributed by atoms with van der Waals surface area (Å²) in [5.74, 6) is 0.442. The fourth-order valence-electron chi connectivity index (χ4n) is 1.89. The smallest absolute Gasteiger partial charge is 0.270 e. The Morgan fingerprint density at radius 1 is 1.10 bits per heavy atom. The third kappa shape index (κ3) is 3.14. The minimum Gasteiger partial charge on any atom is -0.356 e. The van der Waals surface area contributed by atoms with Crippen LogP contribution in [0.1, 0.15) is 16.2 Å². The molecule has 0 atom stereocenters. The molecule has 3 aromatic rings. The lowest BCUT2D eigenvalue weighted by Crippen LogP contribution is -2.23. The van der Waals surface area contributed by atoms with Crippen LogP contribution in [-0.4, -0.2) is 16.0 Å². The average molecular weight is 279 g/mol. The molecule has 0 aliphatic heterocycles. The zero-order valence-corrected chi connectivity index (χ0v) is 11.2. The lowest BCUT2D eigenvalue weighted by Gasteiger charge is -2.01. The lowest BCUT2D eigenvalue weighted by atomic mass is 10.2. The number of nitrogens with one attached hydrogen (secondary N) is 1. The Labute approximate surface area is 121 Å². The van der Waals surface area contributed by atoms with Gasteiger partial charge in [0.25, 0.3) is 5.91 Å². The van der Waals surface area contributed by atoms with Gasteiger partial charge in [-0.25, -0.2) is 0 Å². The molecule has 0 fully saturated rings. The molecule has 21 heavy (non-hydrogen) atoms. The van der Waals surface area contributed by atoms with Crippen LogP contribution in [-0.2, 0) is 6.54 Å². The summed E-state index contributed by atoms with van der Waals surface area (Å²) >= 11 is 0. The van der Waals surface area contributed by atoms with Crippen molar-refractivity contribution in [2.75, 3.05) is 0 Å². The first-order valence-corrected chi connectivity index (χ1v) is 6.53. The van der Waals surface area contributed by atoms with Crippen LogP contribution in [0, 0.1) is 0 Å². The summed E-state index contributed by atoms with van der Waals surface area (Å²) in [5, 5.41) is 6.70. The second kappa shape index (κ2) is 6.00. The van der Waals surface area contributed by atoms with Crippen LogP contribution >= 0.6 is 0 Å². The van der Waals surface area contributed by atoms with Crippen LogP contribution in [0.4, 0.5) is 0 Å². The van der Waals surface area contributed by atoms with Gasteiger partial charge in [0.2, 0.25) is 0 Å². The topological polar surface area (TPSA) is 68.0 Å². The number of carbonyl (C=O) groups is 1. The third-order valence-corrected chi connectivity index (χ3v) is 2.94. The highest BCUT2D eigenvalue weighted by atomic mass is 16.5. The molecule has 0 saturated carbocycles. The number of nitrogens with zero attached hydrogens (tertiary/aromatic N) is 2. The average Bonchev–Trinajstić information content (AvgIpc) is 3.03. The summed E-state index contributed by atoms with van der Waals surface area (Å²) in [7, 11) is 0. The van der Waals surface area contributed by atoms with Crippen molar-refractivity contribution in [3.8, 4) is 11.3 Å². The molecule has 0 saturated heterocycles. The van der Waals surface area contributed by atoms with E-state index in [4.69, 9.17) is 4.52 Å². The number of carbonyl (C=O) groups excluding carboxylic acids is 1. The van der Waals surface area contributed by atoms with E-state index in [0.29, 0.717) is 23.7 Å². The normalized spacial score (nSPS) is 10.3. The van der Waals surface area contributed by atoms with Crippen LogP contribution in [0.5, 0.6) is 0 Å². The van der Waals surface area contributed by atoms with Crippen LogP contribution in [0.2, 0.25) is 0 Å². The molecule has 1 amide bonds. The van der Waals surface area contributed by atoms with Gasteiger partial charge in [0, 0.05) is 17.8 Å². The third-order valence-electron chi connectivity index (χ3n) is 2.94. The van der Waals surface area contributed by atoms with Crippen molar-refractivity contribution in [1.82, 2.24) is 15.5 Å². The van der Waals surface area contributed by atoms with Gasteiger partial charge in [0.15, 0.2) is 5.76 Å². The van der Waals surface area contributed by atoms with Crippen molar-refractivity contribution < 1.29 is 9.32 Å². The zero-order chi connectivity index (χ0) is 14.5. The Morgan fingerprint density at radius 3 is 2.67 bits per heavy atom. The second-order valence-corrected chi connectivity index (χ2v) is 4.45. The van der Waals surface area contributed by atoms with Crippen molar-refractivity contribution in [2.24, 2.45) is 0 Å². The number of pyridine rings is 1. The van der Waals surface area contributed by atoms with E-state index in [9.17, 15) is 4.79 Å². The van der Waals surface area contributed by atoms with Gasteiger partial charge >= 0.3 is 0 Å². The quantitative estimate of drug-likeness (QED) is 0.797. The number of amides is 1. The Morgan fingerprint density at radius 2 is 1.90 bits per heavy atom. The van der Waals surface area contributed by atoms with Crippen molar-refractivity contribution in [2.45, 2.75) is 6.54 Å². The monoisotopic (exact) mass is 279 g/mol. The molecule has 5 nitrogen and oxygen atoms in total. The number of hydrogen-bond acceptors (Lipinski definition) is 4. The number of rotatable bonds is 4. The molecule has 0 aliphatic rings.